The van der Waals surface area contributed by atoms with Crippen LogP contribution < -0.4 is 5.32 Å². The molecular formula is C13H19FN2O3. The van der Waals surface area contributed by atoms with E-state index >= 15 is 0 Å². The lowest BCUT2D eigenvalue weighted by molar-refractivity contribution is 0.0692. The van der Waals surface area contributed by atoms with Crippen molar-refractivity contribution in [2.75, 3.05) is 25.1 Å². The van der Waals surface area contributed by atoms with Gasteiger partial charge in [0.1, 0.15) is 5.56 Å². The van der Waals surface area contributed by atoms with Crippen LogP contribution in [0.2, 0.25) is 0 Å². The number of anilines is 1. The summed E-state index contributed by atoms with van der Waals surface area (Å²) in [7, 11) is 0. The van der Waals surface area contributed by atoms with Gasteiger partial charge < -0.3 is 15.2 Å². The van der Waals surface area contributed by atoms with Crippen molar-refractivity contribution in [3.63, 3.8) is 0 Å². The second kappa shape index (κ2) is 7.68. The van der Waals surface area contributed by atoms with Crippen LogP contribution in [0.5, 0.6) is 0 Å². The molecule has 1 rings (SSSR count). The number of carbonyl (C=O) groups is 1. The van der Waals surface area contributed by atoms with Gasteiger partial charge in [0.05, 0.1) is 0 Å². The fourth-order valence-electron chi connectivity index (χ4n) is 1.43. The van der Waals surface area contributed by atoms with Crippen LogP contribution in [-0.2, 0) is 4.74 Å². The molecule has 0 unspecified atom stereocenters. The van der Waals surface area contributed by atoms with Crippen LogP contribution in [0.25, 0.3) is 0 Å². The Hall–Kier alpha value is -1.69. The molecule has 19 heavy (non-hydrogen) atoms. The van der Waals surface area contributed by atoms with E-state index in [4.69, 9.17) is 9.84 Å². The molecule has 6 heteroatoms. The van der Waals surface area contributed by atoms with E-state index in [1.165, 1.54) is 6.20 Å². The summed E-state index contributed by atoms with van der Waals surface area (Å²) in [6, 6.07) is 1.13. The fourth-order valence-corrected chi connectivity index (χ4v) is 1.43. The number of nitrogens with zero attached hydrogens (tertiary/aromatic N) is 1. The summed E-state index contributed by atoms with van der Waals surface area (Å²) in [5.74, 6) is -1.69. The molecule has 2 N–H and O–H groups in total. The Balaban J connectivity index is 2.37. The zero-order chi connectivity index (χ0) is 14.3. The number of pyridine rings is 1. The molecule has 1 aromatic heterocycles. The number of carboxylic acids is 1. The molecule has 0 saturated heterocycles. The van der Waals surface area contributed by atoms with Crippen molar-refractivity contribution in [3.8, 4) is 0 Å². The van der Waals surface area contributed by atoms with E-state index in [9.17, 15) is 9.18 Å². The summed E-state index contributed by atoms with van der Waals surface area (Å²) in [6.07, 6.45) is 1.97. The normalized spacial score (nSPS) is 10.7. The van der Waals surface area contributed by atoms with Gasteiger partial charge in [0.15, 0.2) is 11.6 Å². The summed E-state index contributed by atoms with van der Waals surface area (Å²) >= 11 is 0. The molecule has 0 amide bonds. The Morgan fingerprint density at radius 1 is 1.58 bits per heavy atom. The molecule has 1 heterocycles. The zero-order valence-corrected chi connectivity index (χ0v) is 11.1. The number of aromatic nitrogens is 1. The lowest BCUT2D eigenvalue weighted by Gasteiger charge is -2.09. The van der Waals surface area contributed by atoms with Crippen molar-refractivity contribution < 1.29 is 19.0 Å². The smallest absolute Gasteiger partial charge is 0.338 e. The molecule has 0 bridgehead atoms. The van der Waals surface area contributed by atoms with Gasteiger partial charge in [-0.05, 0) is 18.4 Å². The van der Waals surface area contributed by atoms with E-state index in [1.807, 2.05) is 0 Å². The molecule has 0 fully saturated rings. The quantitative estimate of drug-likeness (QED) is 0.710. The topological polar surface area (TPSA) is 71.5 Å². The fraction of sp³-hybridized carbons (Fsp3) is 0.538. The van der Waals surface area contributed by atoms with Crippen molar-refractivity contribution in [2.24, 2.45) is 5.92 Å². The first-order valence-corrected chi connectivity index (χ1v) is 6.21. The monoisotopic (exact) mass is 270 g/mol. The molecule has 0 spiro atoms. The number of hydrogen-bond acceptors (Lipinski definition) is 4. The largest absolute Gasteiger partial charge is 0.478 e. The van der Waals surface area contributed by atoms with Gasteiger partial charge in [0.2, 0.25) is 0 Å². The molecule has 5 nitrogen and oxygen atoms in total. The molecule has 0 aliphatic carbocycles. The lowest BCUT2D eigenvalue weighted by Crippen LogP contribution is -2.12. The third-order valence-corrected chi connectivity index (χ3v) is 2.33. The van der Waals surface area contributed by atoms with Gasteiger partial charge in [0.25, 0.3) is 0 Å². The highest BCUT2D eigenvalue weighted by molar-refractivity contribution is 5.88. The second-order valence-electron chi connectivity index (χ2n) is 4.58. The molecule has 1 aromatic rings. The standard InChI is InChI=1S/C13H19FN2O3/c1-9(2)8-19-7-3-5-15-12-11(14)10(13(17)18)4-6-16-12/h4,6,9H,3,5,7-8H2,1-2H3,(H,15,16)(H,17,18). The van der Waals surface area contributed by atoms with Crippen molar-refractivity contribution in [2.45, 2.75) is 20.3 Å². The molecule has 0 saturated carbocycles. The zero-order valence-electron chi connectivity index (χ0n) is 11.1. The van der Waals surface area contributed by atoms with E-state index < -0.39 is 11.8 Å². The van der Waals surface area contributed by atoms with Gasteiger partial charge >= 0.3 is 5.97 Å². The Morgan fingerprint density at radius 2 is 2.32 bits per heavy atom. The van der Waals surface area contributed by atoms with Crippen LogP contribution in [-0.4, -0.2) is 35.8 Å². The summed E-state index contributed by atoms with van der Waals surface area (Å²) in [6.45, 7) is 5.88. The maximum atomic E-state index is 13.7. The number of rotatable bonds is 8. The maximum absolute atomic E-state index is 13.7. The first kappa shape index (κ1) is 15.4. The third kappa shape index (κ3) is 5.21. The number of nitrogens with one attached hydrogen (secondary N) is 1. The highest BCUT2D eigenvalue weighted by atomic mass is 19.1. The average Bonchev–Trinajstić information content (AvgIpc) is 2.34. The SMILES string of the molecule is CC(C)COCCCNc1nccc(C(=O)O)c1F. The summed E-state index contributed by atoms with van der Waals surface area (Å²) in [5.41, 5.74) is -0.381. The number of halogens is 1. The third-order valence-electron chi connectivity index (χ3n) is 2.33. The predicted molar refractivity (Wildman–Crippen MR) is 69.9 cm³/mol. The minimum Gasteiger partial charge on any atom is -0.478 e. The Morgan fingerprint density at radius 3 is 2.95 bits per heavy atom. The van der Waals surface area contributed by atoms with Gasteiger partial charge in [-0.15, -0.1) is 0 Å². The molecule has 106 valence electrons. The molecule has 0 aromatic carbocycles. The van der Waals surface area contributed by atoms with Crippen molar-refractivity contribution in [1.82, 2.24) is 4.98 Å². The Kier molecular flexibility index (Phi) is 6.21. The lowest BCUT2D eigenvalue weighted by atomic mass is 10.2. The molecule has 0 radical (unpaired) electrons. The highest BCUT2D eigenvalue weighted by Crippen LogP contribution is 2.14. The van der Waals surface area contributed by atoms with Crippen LogP contribution in [0, 0.1) is 11.7 Å². The van der Waals surface area contributed by atoms with Crippen LogP contribution >= 0.6 is 0 Å². The van der Waals surface area contributed by atoms with Crippen molar-refractivity contribution in [3.05, 3.63) is 23.6 Å². The van der Waals surface area contributed by atoms with Crippen molar-refractivity contribution in [1.29, 1.82) is 0 Å². The van der Waals surface area contributed by atoms with Gasteiger partial charge in [-0.1, -0.05) is 13.8 Å². The van der Waals surface area contributed by atoms with E-state index in [2.05, 4.69) is 24.1 Å². The van der Waals surface area contributed by atoms with Gasteiger partial charge in [0, 0.05) is 26.0 Å². The number of carboxylic acid groups (broad SMARTS) is 1. The second-order valence-corrected chi connectivity index (χ2v) is 4.58. The van der Waals surface area contributed by atoms with Crippen LogP contribution in [0.1, 0.15) is 30.6 Å². The molecule has 0 atom stereocenters. The number of ether oxygens (including phenoxy) is 1. The van der Waals surface area contributed by atoms with E-state index in [0.29, 0.717) is 32.1 Å². The van der Waals surface area contributed by atoms with E-state index in [1.54, 1.807) is 0 Å². The Labute approximate surface area is 111 Å². The van der Waals surface area contributed by atoms with Crippen LogP contribution in [0.3, 0.4) is 0 Å². The van der Waals surface area contributed by atoms with E-state index in [0.717, 1.165) is 6.07 Å². The minimum atomic E-state index is -1.30. The summed E-state index contributed by atoms with van der Waals surface area (Å²) in [4.78, 5) is 14.5. The van der Waals surface area contributed by atoms with E-state index in [-0.39, 0.29) is 11.4 Å². The molecule has 0 aliphatic heterocycles. The first-order valence-electron chi connectivity index (χ1n) is 6.21. The predicted octanol–water partition coefficient (Wildman–Crippen LogP) is 2.39. The molecule has 0 aliphatic rings. The van der Waals surface area contributed by atoms with Crippen molar-refractivity contribution >= 4 is 11.8 Å². The summed E-state index contributed by atoms with van der Waals surface area (Å²) in [5, 5.41) is 11.5. The maximum Gasteiger partial charge on any atom is 0.338 e. The molecular weight excluding hydrogens is 251 g/mol. The Bertz CT molecular complexity index is 424. The minimum absolute atomic E-state index is 0.0382. The summed E-state index contributed by atoms with van der Waals surface area (Å²) < 4.78 is 19.0. The highest BCUT2D eigenvalue weighted by Gasteiger charge is 2.14. The van der Waals surface area contributed by atoms with Gasteiger partial charge in [-0.3, -0.25) is 0 Å². The average molecular weight is 270 g/mol. The van der Waals surface area contributed by atoms with Gasteiger partial charge in [-0.2, -0.15) is 0 Å². The number of aromatic carboxylic acids is 1. The van der Waals surface area contributed by atoms with Gasteiger partial charge in [-0.25, -0.2) is 14.2 Å². The number of hydrogen-bond donors (Lipinski definition) is 2. The van der Waals surface area contributed by atoms with Crippen LogP contribution in [0.15, 0.2) is 12.3 Å². The van der Waals surface area contributed by atoms with Crippen LogP contribution in [0.4, 0.5) is 10.2 Å². The first-order chi connectivity index (χ1) is 9.02.